The lowest BCUT2D eigenvalue weighted by atomic mass is 10.2. The van der Waals surface area contributed by atoms with Gasteiger partial charge in [0, 0.05) is 41.8 Å². The molecule has 4 aromatic heterocycles. The summed E-state index contributed by atoms with van der Waals surface area (Å²) < 4.78 is 1.93. The van der Waals surface area contributed by atoms with Crippen molar-refractivity contribution in [2.45, 2.75) is 6.54 Å². The second-order valence-electron chi connectivity index (χ2n) is 5.06. The number of H-pyrrole nitrogens is 1. The number of carbonyl (C=O) groups excluding carboxylic acids is 1. The number of fused-ring (bicyclic) bond motifs is 1. The Kier molecular flexibility index (Phi) is 3.39. The molecule has 0 saturated carbocycles. The number of aromatic amines is 1. The molecule has 0 aliphatic heterocycles. The number of rotatable bonds is 4. The number of aromatic nitrogens is 4. The first kappa shape index (κ1) is 13.7. The van der Waals surface area contributed by atoms with Crippen molar-refractivity contribution in [1.82, 2.24) is 24.9 Å². The first-order valence-corrected chi connectivity index (χ1v) is 7.90. The molecule has 0 saturated heterocycles. The molecular weight excluding hydrogens is 310 g/mol. The zero-order valence-electron chi connectivity index (χ0n) is 12.1. The number of nitrogens with one attached hydrogen (secondary N) is 2. The maximum absolute atomic E-state index is 12.3. The molecule has 0 fully saturated rings. The van der Waals surface area contributed by atoms with Gasteiger partial charge in [-0.15, -0.1) is 11.3 Å². The van der Waals surface area contributed by atoms with Crippen LogP contribution in [0, 0.1) is 0 Å². The Labute approximate surface area is 135 Å². The van der Waals surface area contributed by atoms with Crippen molar-refractivity contribution in [3.8, 4) is 10.4 Å². The smallest absolute Gasteiger partial charge is 0.261 e. The SMILES string of the molecule is O=C(NCc1ccn2ccnc2c1)c1ccc(-c2cn[nH]c2)s1. The van der Waals surface area contributed by atoms with Crippen LogP contribution in [0.15, 0.2) is 55.2 Å². The van der Waals surface area contributed by atoms with Gasteiger partial charge in [0.2, 0.25) is 0 Å². The molecule has 4 heterocycles. The van der Waals surface area contributed by atoms with Crippen LogP contribution in [0.25, 0.3) is 16.1 Å². The van der Waals surface area contributed by atoms with Crippen LogP contribution in [-0.4, -0.2) is 25.5 Å². The van der Waals surface area contributed by atoms with E-state index in [1.165, 1.54) is 11.3 Å². The van der Waals surface area contributed by atoms with Crippen LogP contribution in [-0.2, 0) is 6.54 Å². The quantitative estimate of drug-likeness (QED) is 0.606. The van der Waals surface area contributed by atoms with Crippen LogP contribution < -0.4 is 5.32 Å². The van der Waals surface area contributed by atoms with Gasteiger partial charge in [-0.2, -0.15) is 5.10 Å². The predicted octanol–water partition coefficient (Wildman–Crippen LogP) is 2.72. The van der Waals surface area contributed by atoms with E-state index in [4.69, 9.17) is 0 Å². The standard InChI is InChI=1S/C16H13N5OS/c22-16(14-2-1-13(23-14)12-9-19-20-10-12)18-8-11-3-5-21-6-4-17-15(21)7-11/h1-7,9-10H,8H2,(H,18,22)(H,19,20). The highest BCUT2D eigenvalue weighted by molar-refractivity contribution is 7.17. The number of hydrogen-bond acceptors (Lipinski definition) is 4. The first-order chi connectivity index (χ1) is 11.3. The third-order valence-electron chi connectivity index (χ3n) is 3.53. The molecule has 0 aliphatic carbocycles. The van der Waals surface area contributed by atoms with Crippen molar-refractivity contribution in [2.24, 2.45) is 0 Å². The Morgan fingerprint density at radius 3 is 3.13 bits per heavy atom. The van der Waals surface area contributed by atoms with Crippen molar-refractivity contribution in [3.05, 3.63) is 65.7 Å². The zero-order valence-corrected chi connectivity index (χ0v) is 12.9. The second-order valence-corrected chi connectivity index (χ2v) is 6.15. The Hall–Kier alpha value is -2.93. The fourth-order valence-corrected chi connectivity index (χ4v) is 3.24. The van der Waals surface area contributed by atoms with Crippen LogP contribution in [0.2, 0.25) is 0 Å². The van der Waals surface area contributed by atoms with Gasteiger partial charge in [0.1, 0.15) is 5.65 Å². The van der Waals surface area contributed by atoms with Gasteiger partial charge in [0.15, 0.2) is 0 Å². The van der Waals surface area contributed by atoms with E-state index in [-0.39, 0.29) is 5.91 Å². The van der Waals surface area contributed by atoms with E-state index in [1.807, 2.05) is 47.3 Å². The minimum absolute atomic E-state index is 0.0760. The summed E-state index contributed by atoms with van der Waals surface area (Å²) in [5, 5.41) is 9.64. The summed E-state index contributed by atoms with van der Waals surface area (Å²) in [5.41, 5.74) is 2.87. The molecule has 1 amide bonds. The van der Waals surface area contributed by atoms with Gasteiger partial charge in [-0.3, -0.25) is 9.89 Å². The summed E-state index contributed by atoms with van der Waals surface area (Å²) in [6.45, 7) is 0.473. The molecule has 0 atom stereocenters. The van der Waals surface area contributed by atoms with Gasteiger partial charge in [0.25, 0.3) is 5.91 Å². The van der Waals surface area contributed by atoms with Crippen molar-refractivity contribution >= 4 is 22.9 Å². The molecule has 0 bridgehead atoms. The number of imidazole rings is 1. The Morgan fingerprint density at radius 2 is 2.26 bits per heavy atom. The van der Waals surface area contributed by atoms with Gasteiger partial charge in [-0.05, 0) is 29.8 Å². The molecule has 23 heavy (non-hydrogen) atoms. The zero-order chi connectivity index (χ0) is 15.6. The van der Waals surface area contributed by atoms with E-state index in [1.54, 1.807) is 12.4 Å². The van der Waals surface area contributed by atoms with Crippen LogP contribution in [0.1, 0.15) is 15.2 Å². The molecule has 6 nitrogen and oxygen atoms in total. The van der Waals surface area contributed by atoms with Crippen LogP contribution in [0.4, 0.5) is 0 Å². The van der Waals surface area contributed by atoms with E-state index in [2.05, 4.69) is 20.5 Å². The van der Waals surface area contributed by atoms with E-state index in [9.17, 15) is 4.79 Å². The third kappa shape index (κ3) is 2.74. The minimum atomic E-state index is -0.0760. The van der Waals surface area contributed by atoms with E-state index in [0.29, 0.717) is 11.4 Å². The molecular formula is C16H13N5OS. The average Bonchev–Trinajstić information content (AvgIpc) is 3.32. The molecule has 2 N–H and O–H groups in total. The maximum Gasteiger partial charge on any atom is 0.261 e. The lowest BCUT2D eigenvalue weighted by molar-refractivity contribution is 0.0955. The number of pyridine rings is 1. The molecule has 0 radical (unpaired) electrons. The van der Waals surface area contributed by atoms with Crippen molar-refractivity contribution in [2.75, 3.05) is 0 Å². The summed E-state index contributed by atoms with van der Waals surface area (Å²) in [4.78, 5) is 18.2. The van der Waals surface area contributed by atoms with Gasteiger partial charge in [-0.1, -0.05) is 0 Å². The molecule has 0 spiro atoms. The Morgan fingerprint density at radius 1 is 1.30 bits per heavy atom. The van der Waals surface area contributed by atoms with E-state index >= 15 is 0 Å². The van der Waals surface area contributed by atoms with Gasteiger partial charge in [-0.25, -0.2) is 4.98 Å². The van der Waals surface area contributed by atoms with Crippen LogP contribution >= 0.6 is 11.3 Å². The Bertz CT molecular complexity index is 954. The number of thiophene rings is 1. The van der Waals surface area contributed by atoms with Gasteiger partial charge >= 0.3 is 0 Å². The van der Waals surface area contributed by atoms with Crippen molar-refractivity contribution in [3.63, 3.8) is 0 Å². The number of hydrogen-bond donors (Lipinski definition) is 2. The summed E-state index contributed by atoms with van der Waals surface area (Å²) in [5.74, 6) is -0.0760. The molecule has 0 unspecified atom stereocenters. The highest BCUT2D eigenvalue weighted by Crippen LogP contribution is 2.27. The lowest BCUT2D eigenvalue weighted by Crippen LogP contribution is -2.21. The number of nitrogens with zero attached hydrogens (tertiary/aromatic N) is 3. The molecule has 4 rings (SSSR count). The average molecular weight is 323 g/mol. The summed E-state index contributed by atoms with van der Waals surface area (Å²) in [6.07, 6.45) is 9.13. The third-order valence-corrected chi connectivity index (χ3v) is 4.66. The maximum atomic E-state index is 12.3. The summed E-state index contributed by atoms with van der Waals surface area (Å²) in [6, 6.07) is 7.70. The predicted molar refractivity (Wildman–Crippen MR) is 88.3 cm³/mol. The van der Waals surface area contributed by atoms with Crippen molar-refractivity contribution < 1.29 is 4.79 Å². The molecule has 0 aliphatic rings. The molecule has 4 aromatic rings. The monoisotopic (exact) mass is 323 g/mol. The second kappa shape index (κ2) is 5.69. The normalized spacial score (nSPS) is 11.0. The molecule has 0 aromatic carbocycles. The van der Waals surface area contributed by atoms with E-state index < -0.39 is 0 Å². The topological polar surface area (TPSA) is 75.1 Å². The van der Waals surface area contributed by atoms with Gasteiger partial charge in [0.05, 0.1) is 11.1 Å². The van der Waals surface area contributed by atoms with E-state index in [0.717, 1.165) is 21.7 Å². The minimum Gasteiger partial charge on any atom is -0.347 e. The van der Waals surface area contributed by atoms with Crippen molar-refractivity contribution in [1.29, 1.82) is 0 Å². The highest BCUT2D eigenvalue weighted by Gasteiger charge is 2.10. The number of amides is 1. The van der Waals surface area contributed by atoms with Crippen LogP contribution in [0.5, 0.6) is 0 Å². The largest absolute Gasteiger partial charge is 0.347 e. The first-order valence-electron chi connectivity index (χ1n) is 7.08. The van der Waals surface area contributed by atoms with Crippen LogP contribution in [0.3, 0.4) is 0 Å². The van der Waals surface area contributed by atoms with Gasteiger partial charge < -0.3 is 9.72 Å². The highest BCUT2D eigenvalue weighted by atomic mass is 32.1. The fourth-order valence-electron chi connectivity index (χ4n) is 2.33. The molecule has 114 valence electrons. The Balaban J connectivity index is 1.45. The summed E-state index contributed by atoms with van der Waals surface area (Å²) >= 11 is 1.45. The molecule has 7 heteroatoms. The fraction of sp³-hybridized carbons (Fsp3) is 0.0625. The summed E-state index contributed by atoms with van der Waals surface area (Å²) in [7, 11) is 0. The number of carbonyl (C=O) groups is 1. The lowest BCUT2D eigenvalue weighted by Gasteiger charge is -2.04.